The molecule has 0 aliphatic rings. The fourth-order valence-electron chi connectivity index (χ4n) is 2.12. The molecule has 4 nitrogen and oxygen atoms in total. The maximum Gasteiger partial charge on any atom is 0.142 e. The van der Waals surface area contributed by atoms with E-state index in [4.69, 9.17) is 4.84 Å². The number of hydrogen-bond acceptors (Lipinski definition) is 3. The van der Waals surface area contributed by atoms with Crippen LogP contribution in [0.3, 0.4) is 0 Å². The molecule has 0 saturated heterocycles. The first-order valence-electron chi connectivity index (χ1n) is 7.16. The maximum atomic E-state index is 5.54. The second kappa shape index (κ2) is 7.22. The lowest BCUT2D eigenvalue weighted by Crippen LogP contribution is -2.11. The van der Waals surface area contributed by atoms with Gasteiger partial charge in [-0.2, -0.15) is 0 Å². The molecule has 0 saturated carbocycles. The maximum absolute atomic E-state index is 5.54. The number of aromatic nitrogens is 2. The van der Waals surface area contributed by atoms with Crippen LogP contribution in [-0.4, -0.2) is 15.3 Å². The van der Waals surface area contributed by atoms with Gasteiger partial charge in [-0.1, -0.05) is 65.8 Å². The minimum atomic E-state index is 0.459. The predicted molar refractivity (Wildman–Crippen MR) is 86.4 cm³/mol. The molecule has 0 bridgehead atoms. The Morgan fingerprint density at radius 2 is 1.73 bits per heavy atom. The van der Waals surface area contributed by atoms with E-state index in [1.165, 1.54) is 0 Å². The van der Waals surface area contributed by atoms with Crippen molar-refractivity contribution in [1.29, 1.82) is 0 Å². The zero-order valence-corrected chi connectivity index (χ0v) is 12.2. The predicted octanol–water partition coefficient (Wildman–Crippen LogP) is 3.50. The highest BCUT2D eigenvalue weighted by Gasteiger charge is 2.05. The Bertz CT molecular complexity index is 707. The molecule has 110 valence electrons. The summed E-state index contributed by atoms with van der Waals surface area (Å²) >= 11 is 0. The summed E-state index contributed by atoms with van der Waals surface area (Å²) in [6.07, 6.45) is 5.44. The summed E-state index contributed by atoms with van der Waals surface area (Å²) < 4.78 is 1.97. The van der Waals surface area contributed by atoms with Crippen LogP contribution in [0.15, 0.2) is 84.5 Å². The molecule has 1 heterocycles. The molecular formula is C18H17N3O. The quantitative estimate of drug-likeness (QED) is 0.515. The van der Waals surface area contributed by atoms with E-state index in [0.717, 1.165) is 16.8 Å². The number of benzene rings is 2. The molecule has 3 rings (SSSR count). The molecule has 0 fully saturated rings. The fourth-order valence-corrected chi connectivity index (χ4v) is 2.12. The van der Waals surface area contributed by atoms with Crippen LogP contribution >= 0.6 is 0 Å². The van der Waals surface area contributed by atoms with Crippen molar-refractivity contribution in [2.24, 2.45) is 5.16 Å². The Balaban J connectivity index is 1.74. The molecule has 4 heteroatoms. The molecule has 0 unspecified atom stereocenters. The van der Waals surface area contributed by atoms with Crippen molar-refractivity contribution in [3.05, 3.63) is 90.5 Å². The van der Waals surface area contributed by atoms with Crippen molar-refractivity contribution in [2.45, 2.75) is 13.2 Å². The molecule has 0 spiro atoms. The van der Waals surface area contributed by atoms with E-state index in [9.17, 15) is 0 Å². The van der Waals surface area contributed by atoms with Gasteiger partial charge in [0.2, 0.25) is 0 Å². The Kier molecular flexibility index (Phi) is 4.62. The molecule has 0 N–H and O–H groups in total. The SMILES string of the molecule is c1ccc(CO/N=C(\Cn2ccnc2)c2ccccc2)cc1. The first-order valence-corrected chi connectivity index (χ1v) is 7.16. The molecule has 0 atom stereocenters. The van der Waals surface area contributed by atoms with E-state index in [1.807, 2.05) is 71.4 Å². The summed E-state index contributed by atoms with van der Waals surface area (Å²) in [7, 11) is 0. The second-order valence-corrected chi connectivity index (χ2v) is 4.90. The second-order valence-electron chi connectivity index (χ2n) is 4.90. The van der Waals surface area contributed by atoms with Crippen molar-refractivity contribution >= 4 is 5.71 Å². The van der Waals surface area contributed by atoms with Gasteiger partial charge in [0.25, 0.3) is 0 Å². The summed E-state index contributed by atoms with van der Waals surface area (Å²) in [5.74, 6) is 0. The molecule has 0 aliphatic carbocycles. The fraction of sp³-hybridized carbons (Fsp3) is 0.111. The van der Waals surface area contributed by atoms with E-state index >= 15 is 0 Å². The van der Waals surface area contributed by atoms with Gasteiger partial charge in [-0.3, -0.25) is 0 Å². The van der Waals surface area contributed by atoms with Crippen LogP contribution in [0.5, 0.6) is 0 Å². The van der Waals surface area contributed by atoms with Gasteiger partial charge in [-0.05, 0) is 5.56 Å². The van der Waals surface area contributed by atoms with Gasteiger partial charge in [0, 0.05) is 18.0 Å². The van der Waals surface area contributed by atoms with Gasteiger partial charge in [-0.15, -0.1) is 0 Å². The standard InChI is InChI=1S/C18H17N3O/c1-3-7-16(8-4-1)14-22-20-18(13-21-12-11-19-15-21)17-9-5-2-6-10-17/h1-12,15H,13-14H2/b20-18+. The molecular weight excluding hydrogens is 274 g/mol. The number of rotatable bonds is 6. The highest BCUT2D eigenvalue weighted by molar-refractivity contribution is 6.00. The van der Waals surface area contributed by atoms with Gasteiger partial charge in [0.1, 0.15) is 12.3 Å². The zero-order chi connectivity index (χ0) is 15.0. The van der Waals surface area contributed by atoms with Gasteiger partial charge in [0.15, 0.2) is 0 Å². The summed E-state index contributed by atoms with van der Waals surface area (Å²) in [5, 5.41) is 4.33. The number of imidazole rings is 1. The highest BCUT2D eigenvalue weighted by Crippen LogP contribution is 2.07. The van der Waals surface area contributed by atoms with Crippen molar-refractivity contribution in [3.63, 3.8) is 0 Å². The largest absolute Gasteiger partial charge is 0.391 e. The normalized spacial score (nSPS) is 11.4. The lowest BCUT2D eigenvalue weighted by molar-refractivity contribution is 0.130. The van der Waals surface area contributed by atoms with Crippen LogP contribution in [0.4, 0.5) is 0 Å². The third kappa shape index (κ3) is 3.82. The van der Waals surface area contributed by atoms with Gasteiger partial charge in [0.05, 0.1) is 12.9 Å². The van der Waals surface area contributed by atoms with Crippen molar-refractivity contribution in [2.75, 3.05) is 0 Å². The molecule has 0 amide bonds. The van der Waals surface area contributed by atoms with Crippen LogP contribution in [0.1, 0.15) is 11.1 Å². The van der Waals surface area contributed by atoms with E-state index in [-0.39, 0.29) is 0 Å². The summed E-state index contributed by atoms with van der Waals surface area (Å²) in [4.78, 5) is 9.60. The Morgan fingerprint density at radius 3 is 2.41 bits per heavy atom. The van der Waals surface area contributed by atoms with Crippen LogP contribution in [0, 0.1) is 0 Å². The van der Waals surface area contributed by atoms with E-state index in [0.29, 0.717) is 13.2 Å². The zero-order valence-electron chi connectivity index (χ0n) is 12.2. The Hall–Kier alpha value is -2.88. The molecule has 3 aromatic rings. The molecule has 22 heavy (non-hydrogen) atoms. The lowest BCUT2D eigenvalue weighted by atomic mass is 10.1. The number of oxime groups is 1. The van der Waals surface area contributed by atoms with Crippen LogP contribution in [0.25, 0.3) is 0 Å². The third-order valence-electron chi connectivity index (χ3n) is 3.25. The van der Waals surface area contributed by atoms with E-state index in [1.54, 1.807) is 12.5 Å². The van der Waals surface area contributed by atoms with E-state index < -0.39 is 0 Å². The van der Waals surface area contributed by atoms with Crippen molar-refractivity contribution in [3.8, 4) is 0 Å². The molecule has 0 radical (unpaired) electrons. The highest BCUT2D eigenvalue weighted by atomic mass is 16.6. The van der Waals surface area contributed by atoms with Crippen molar-refractivity contribution < 1.29 is 4.84 Å². The van der Waals surface area contributed by atoms with E-state index in [2.05, 4.69) is 10.1 Å². The number of nitrogens with zero attached hydrogens (tertiary/aromatic N) is 3. The van der Waals surface area contributed by atoms with Crippen LogP contribution in [-0.2, 0) is 18.0 Å². The average molecular weight is 291 g/mol. The van der Waals surface area contributed by atoms with Gasteiger partial charge in [-0.25, -0.2) is 4.98 Å². The Morgan fingerprint density at radius 1 is 1.00 bits per heavy atom. The summed E-state index contributed by atoms with van der Waals surface area (Å²) in [5.41, 5.74) is 3.01. The van der Waals surface area contributed by atoms with Gasteiger partial charge < -0.3 is 9.40 Å². The number of hydrogen-bond donors (Lipinski definition) is 0. The summed E-state index contributed by atoms with van der Waals surface area (Å²) in [6, 6.07) is 20.1. The Labute approximate surface area is 129 Å². The van der Waals surface area contributed by atoms with Crippen LogP contribution in [0.2, 0.25) is 0 Å². The minimum absolute atomic E-state index is 0.459. The smallest absolute Gasteiger partial charge is 0.142 e. The first kappa shape index (κ1) is 14.1. The molecule has 0 aliphatic heterocycles. The monoisotopic (exact) mass is 291 g/mol. The minimum Gasteiger partial charge on any atom is -0.391 e. The summed E-state index contributed by atoms with van der Waals surface area (Å²) in [6.45, 7) is 1.08. The van der Waals surface area contributed by atoms with Crippen LogP contribution < -0.4 is 0 Å². The van der Waals surface area contributed by atoms with Crippen molar-refractivity contribution in [1.82, 2.24) is 9.55 Å². The average Bonchev–Trinajstić information content (AvgIpc) is 3.09. The first-order chi connectivity index (χ1) is 10.9. The topological polar surface area (TPSA) is 39.4 Å². The lowest BCUT2D eigenvalue weighted by Gasteiger charge is -2.08. The third-order valence-corrected chi connectivity index (χ3v) is 3.25. The van der Waals surface area contributed by atoms with Gasteiger partial charge >= 0.3 is 0 Å². The molecule has 1 aromatic heterocycles. The molecule has 2 aromatic carbocycles.